The molecular weight excluding hydrogens is 266 g/mol. The third kappa shape index (κ3) is 3.13. The summed E-state index contributed by atoms with van der Waals surface area (Å²) in [6.45, 7) is 4.50. The molecule has 1 unspecified atom stereocenters. The molecule has 1 atom stereocenters. The van der Waals surface area contributed by atoms with Crippen molar-refractivity contribution in [3.8, 4) is 0 Å². The lowest BCUT2D eigenvalue weighted by atomic mass is 10.1. The van der Waals surface area contributed by atoms with E-state index in [0.717, 1.165) is 23.1 Å². The minimum absolute atomic E-state index is 0.0735. The lowest BCUT2D eigenvalue weighted by Gasteiger charge is -2.23. The molecule has 5 heteroatoms. The van der Waals surface area contributed by atoms with Crippen LogP contribution in [0, 0.1) is 0 Å². The summed E-state index contributed by atoms with van der Waals surface area (Å²) in [7, 11) is 1.67. The van der Waals surface area contributed by atoms with Gasteiger partial charge >= 0.3 is 0 Å². The van der Waals surface area contributed by atoms with Crippen LogP contribution in [0.2, 0.25) is 0 Å². The monoisotopic (exact) mass is 287 g/mol. The minimum atomic E-state index is -0.242. The molecule has 0 fully saturated rings. The Hall–Kier alpha value is -2.14. The molecule has 5 nitrogen and oxygen atoms in total. The van der Waals surface area contributed by atoms with Crippen molar-refractivity contribution in [3.63, 3.8) is 0 Å². The first kappa shape index (κ1) is 15.3. The maximum absolute atomic E-state index is 12.5. The van der Waals surface area contributed by atoms with Crippen LogP contribution in [0.15, 0.2) is 30.3 Å². The summed E-state index contributed by atoms with van der Waals surface area (Å²) < 4.78 is 0. The Bertz CT molecular complexity index is 642. The topological polar surface area (TPSA) is 65.5 Å². The summed E-state index contributed by atoms with van der Waals surface area (Å²) >= 11 is 0. The van der Waals surface area contributed by atoms with E-state index >= 15 is 0 Å². The van der Waals surface area contributed by atoms with Gasteiger partial charge in [0.25, 0.3) is 5.91 Å². The van der Waals surface area contributed by atoms with E-state index in [4.69, 9.17) is 0 Å². The summed E-state index contributed by atoms with van der Waals surface area (Å²) in [5, 5.41) is 13.4. The molecule has 21 heavy (non-hydrogen) atoms. The minimum Gasteiger partial charge on any atom is -0.394 e. The fourth-order valence-electron chi connectivity index (χ4n) is 2.12. The van der Waals surface area contributed by atoms with Crippen molar-refractivity contribution < 1.29 is 9.90 Å². The number of pyridine rings is 1. The molecule has 0 aliphatic heterocycles. The van der Waals surface area contributed by atoms with Crippen LogP contribution < -0.4 is 5.32 Å². The van der Waals surface area contributed by atoms with Gasteiger partial charge in [0.1, 0.15) is 5.69 Å². The van der Waals surface area contributed by atoms with Crippen LogP contribution >= 0.6 is 0 Å². The Morgan fingerprint density at radius 2 is 2.14 bits per heavy atom. The van der Waals surface area contributed by atoms with Crippen molar-refractivity contribution in [2.45, 2.75) is 19.9 Å². The number of fused-ring (bicyclic) bond motifs is 1. The van der Waals surface area contributed by atoms with Crippen molar-refractivity contribution in [2.75, 3.05) is 25.5 Å². The SMILES string of the molecule is CCNc1cc(C(=O)N(C)C(C)CO)nc2ccccc12. The van der Waals surface area contributed by atoms with Crippen molar-refractivity contribution in [2.24, 2.45) is 0 Å². The number of nitrogens with one attached hydrogen (secondary N) is 1. The molecule has 2 N–H and O–H groups in total. The van der Waals surface area contributed by atoms with Crippen molar-refractivity contribution in [1.29, 1.82) is 0 Å². The summed E-state index contributed by atoms with van der Waals surface area (Å²) in [5.74, 6) is -0.193. The highest BCUT2D eigenvalue weighted by Crippen LogP contribution is 2.23. The quantitative estimate of drug-likeness (QED) is 0.884. The number of benzene rings is 1. The highest BCUT2D eigenvalue weighted by Gasteiger charge is 2.19. The number of hydrogen-bond donors (Lipinski definition) is 2. The molecule has 0 aliphatic carbocycles. The second-order valence-electron chi connectivity index (χ2n) is 5.05. The highest BCUT2D eigenvalue weighted by atomic mass is 16.3. The van der Waals surface area contributed by atoms with Gasteiger partial charge in [-0.05, 0) is 26.0 Å². The van der Waals surface area contributed by atoms with Gasteiger partial charge in [-0.3, -0.25) is 4.79 Å². The van der Waals surface area contributed by atoms with Gasteiger partial charge in [-0.25, -0.2) is 4.98 Å². The smallest absolute Gasteiger partial charge is 0.272 e. The number of aliphatic hydroxyl groups is 1. The fourth-order valence-corrected chi connectivity index (χ4v) is 2.12. The van der Waals surface area contributed by atoms with E-state index in [1.807, 2.05) is 31.2 Å². The van der Waals surface area contributed by atoms with Crippen LogP contribution in [0.3, 0.4) is 0 Å². The molecule has 0 bridgehead atoms. The summed E-state index contributed by atoms with van der Waals surface area (Å²) in [4.78, 5) is 18.4. The summed E-state index contributed by atoms with van der Waals surface area (Å²) in [5.41, 5.74) is 2.06. The number of hydrogen-bond acceptors (Lipinski definition) is 4. The van der Waals surface area contributed by atoms with E-state index in [1.54, 1.807) is 20.0 Å². The average Bonchev–Trinajstić information content (AvgIpc) is 2.52. The first-order chi connectivity index (χ1) is 10.1. The van der Waals surface area contributed by atoms with Crippen molar-refractivity contribution in [3.05, 3.63) is 36.0 Å². The second kappa shape index (κ2) is 6.54. The van der Waals surface area contributed by atoms with Gasteiger partial charge in [0.15, 0.2) is 0 Å². The van der Waals surface area contributed by atoms with Crippen LogP contribution in [0.4, 0.5) is 5.69 Å². The number of aromatic nitrogens is 1. The molecule has 0 saturated carbocycles. The maximum atomic E-state index is 12.5. The van der Waals surface area contributed by atoms with Gasteiger partial charge < -0.3 is 15.3 Å². The number of amides is 1. The van der Waals surface area contributed by atoms with E-state index in [1.165, 1.54) is 4.90 Å². The fraction of sp³-hybridized carbons (Fsp3) is 0.375. The molecule has 0 spiro atoms. The molecule has 2 rings (SSSR count). The molecule has 2 aromatic rings. The van der Waals surface area contributed by atoms with E-state index in [-0.39, 0.29) is 18.6 Å². The molecule has 1 aromatic carbocycles. The van der Waals surface area contributed by atoms with Crippen LogP contribution in [-0.4, -0.2) is 47.1 Å². The Kier molecular flexibility index (Phi) is 4.75. The number of aliphatic hydroxyl groups excluding tert-OH is 1. The molecule has 1 aromatic heterocycles. The van der Waals surface area contributed by atoms with Gasteiger partial charge in [-0.1, -0.05) is 18.2 Å². The molecule has 0 saturated heterocycles. The highest BCUT2D eigenvalue weighted by molar-refractivity contribution is 5.99. The number of para-hydroxylation sites is 1. The third-order valence-corrected chi connectivity index (χ3v) is 3.55. The molecule has 112 valence electrons. The summed E-state index contributed by atoms with van der Waals surface area (Å²) in [6.07, 6.45) is 0. The Morgan fingerprint density at radius 3 is 2.81 bits per heavy atom. The summed E-state index contributed by atoms with van der Waals surface area (Å²) in [6, 6.07) is 9.26. The number of anilines is 1. The van der Waals surface area contributed by atoms with E-state index in [9.17, 15) is 9.90 Å². The zero-order valence-electron chi connectivity index (χ0n) is 12.6. The zero-order chi connectivity index (χ0) is 15.4. The van der Waals surface area contributed by atoms with Crippen molar-refractivity contribution in [1.82, 2.24) is 9.88 Å². The average molecular weight is 287 g/mol. The van der Waals surface area contributed by atoms with Gasteiger partial charge in [-0.2, -0.15) is 0 Å². The number of carbonyl (C=O) groups is 1. The molecule has 1 heterocycles. The molecule has 0 aliphatic rings. The van der Waals surface area contributed by atoms with Gasteiger partial charge in [0, 0.05) is 24.7 Å². The van der Waals surface area contributed by atoms with E-state index in [0.29, 0.717) is 5.69 Å². The second-order valence-corrected chi connectivity index (χ2v) is 5.05. The number of carbonyl (C=O) groups excluding carboxylic acids is 1. The third-order valence-electron chi connectivity index (χ3n) is 3.55. The molecule has 0 radical (unpaired) electrons. The van der Waals surface area contributed by atoms with Crippen LogP contribution in [0.1, 0.15) is 24.3 Å². The van der Waals surface area contributed by atoms with Gasteiger partial charge in [-0.15, -0.1) is 0 Å². The Morgan fingerprint density at radius 1 is 1.43 bits per heavy atom. The van der Waals surface area contributed by atoms with Crippen molar-refractivity contribution >= 4 is 22.5 Å². The van der Waals surface area contributed by atoms with Crippen LogP contribution in [0.5, 0.6) is 0 Å². The first-order valence-corrected chi connectivity index (χ1v) is 7.10. The van der Waals surface area contributed by atoms with Gasteiger partial charge in [0.05, 0.1) is 18.2 Å². The maximum Gasteiger partial charge on any atom is 0.272 e. The number of rotatable bonds is 5. The largest absolute Gasteiger partial charge is 0.394 e. The lowest BCUT2D eigenvalue weighted by Crippen LogP contribution is -2.37. The molecule has 1 amide bonds. The van der Waals surface area contributed by atoms with E-state index < -0.39 is 0 Å². The Balaban J connectivity index is 2.47. The van der Waals surface area contributed by atoms with Crippen LogP contribution in [-0.2, 0) is 0 Å². The number of nitrogens with zero attached hydrogens (tertiary/aromatic N) is 2. The molecular formula is C16H21N3O2. The first-order valence-electron chi connectivity index (χ1n) is 7.10. The predicted molar refractivity (Wildman–Crippen MR) is 84.5 cm³/mol. The van der Waals surface area contributed by atoms with E-state index in [2.05, 4.69) is 10.3 Å². The zero-order valence-corrected chi connectivity index (χ0v) is 12.6. The Labute approximate surface area is 124 Å². The standard InChI is InChI=1S/C16H21N3O2/c1-4-17-14-9-15(16(21)19(3)11(2)10-20)18-13-8-6-5-7-12(13)14/h5-9,11,20H,4,10H2,1-3H3,(H,17,18). The number of likely N-dealkylation sites (N-methyl/N-ethyl adjacent to an activating group) is 1. The van der Waals surface area contributed by atoms with Gasteiger partial charge in [0.2, 0.25) is 0 Å². The lowest BCUT2D eigenvalue weighted by molar-refractivity contribution is 0.0677. The normalized spacial score (nSPS) is 12.2. The van der Waals surface area contributed by atoms with Crippen LogP contribution in [0.25, 0.3) is 10.9 Å². The predicted octanol–water partition coefficient (Wildman–Crippen LogP) is 2.12.